The molecule has 1 aromatic rings. The van der Waals surface area contributed by atoms with Crippen LogP contribution in [0.5, 0.6) is 0 Å². The fourth-order valence-corrected chi connectivity index (χ4v) is 1.55. The first-order chi connectivity index (χ1) is 7.52. The predicted molar refractivity (Wildman–Crippen MR) is 60.6 cm³/mol. The number of carboxylic acids is 1. The van der Waals surface area contributed by atoms with Gasteiger partial charge in [0, 0.05) is 31.4 Å². The second kappa shape index (κ2) is 5.53. The molecule has 90 valence electrons. The molecule has 0 fully saturated rings. The summed E-state index contributed by atoms with van der Waals surface area (Å²) in [6, 6.07) is 0.160. The maximum absolute atomic E-state index is 11.7. The maximum atomic E-state index is 11.7. The summed E-state index contributed by atoms with van der Waals surface area (Å²) in [5, 5.41) is 8.47. The number of hydrogen-bond acceptors (Lipinski definition) is 2. The molecule has 0 saturated carbocycles. The number of aromatic nitrogens is 2. The molecule has 5 nitrogen and oxygen atoms in total. The van der Waals surface area contributed by atoms with Crippen molar-refractivity contribution in [3.8, 4) is 0 Å². The third-order valence-electron chi connectivity index (χ3n) is 2.47. The van der Waals surface area contributed by atoms with E-state index >= 15 is 0 Å². The molecule has 0 atom stereocenters. The highest BCUT2D eigenvalue weighted by atomic mass is 16.4. The van der Waals surface area contributed by atoms with E-state index in [1.807, 2.05) is 13.8 Å². The molecule has 1 rings (SSSR count). The van der Waals surface area contributed by atoms with Gasteiger partial charge in [0.25, 0.3) is 0 Å². The van der Waals surface area contributed by atoms with E-state index in [9.17, 15) is 9.59 Å². The molecule has 1 N–H and O–H groups in total. The van der Waals surface area contributed by atoms with Crippen molar-refractivity contribution in [2.45, 2.75) is 45.7 Å². The zero-order chi connectivity index (χ0) is 12.1. The fourth-order valence-electron chi connectivity index (χ4n) is 1.55. The quantitative estimate of drug-likeness (QED) is 0.747. The smallest absolute Gasteiger partial charge is 0.328 e. The van der Waals surface area contributed by atoms with Crippen molar-refractivity contribution >= 4 is 5.97 Å². The van der Waals surface area contributed by atoms with Crippen LogP contribution in [0.15, 0.2) is 17.2 Å². The minimum absolute atomic E-state index is 0.0228. The first-order valence-electron chi connectivity index (χ1n) is 5.51. The van der Waals surface area contributed by atoms with Gasteiger partial charge in [-0.2, -0.15) is 0 Å². The van der Waals surface area contributed by atoms with Crippen LogP contribution < -0.4 is 5.69 Å². The summed E-state index contributed by atoms with van der Waals surface area (Å²) in [5.41, 5.74) is -0.0228. The molecular weight excluding hydrogens is 208 g/mol. The van der Waals surface area contributed by atoms with Gasteiger partial charge in [-0.05, 0) is 26.7 Å². The van der Waals surface area contributed by atoms with E-state index in [0.29, 0.717) is 19.4 Å². The monoisotopic (exact) mass is 226 g/mol. The van der Waals surface area contributed by atoms with E-state index in [0.717, 1.165) is 0 Å². The molecule has 0 aliphatic carbocycles. The van der Waals surface area contributed by atoms with E-state index in [-0.39, 0.29) is 18.2 Å². The third-order valence-corrected chi connectivity index (χ3v) is 2.47. The number of imidazole rings is 1. The lowest BCUT2D eigenvalue weighted by atomic mass is 10.2. The summed E-state index contributed by atoms with van der Waals surface area (Å²) in [4.78, 5) is 22.0. The summed E-state index contributed by atoms with van der Waals surface area (Å²) in [6.07, 6.45) is 5.01. The minimum atomic E-state index is -0.785. The summed E-state index contributed by atoms with van der Waals surface area (Å²) in [7, 11) is 0. The summed E-state index contributed by atoms with van der Waals surface area (Å²) >= 11 is 0. The second-order valence-corrected chi connectivity index (χ2v) is 4.13. The van der Waals surface area contributed by atoms with E-state index in [2.05, 4.69) is 0 Å². The van der Waals surface area contributed by atoms with Crippen LogP contribution >= 0.6 is 0 Å². The van der Waals surface area contributed by atoms with Crippen LogP contribution in [0.1, 0.15) is 39.2 Å². The van der Waals surface area contributed by atoms with Crippen LogP contribution in [0, 0.1) is 0 Å². The highest BCUT2D eigenvalue weighted by Crippen LogP contribution is 2.01. The Labute approximate surface area is 94.3 Å². The highest BCUT2D eigenvalue weighted by Gasteiger charge is 2.05. The highest BCUT2D eigenvalue weighted by molar-refractivity contribution is 5.66. The van der Waals surface area contributed by atoms with Gasteiger partial charge in [-0.3, -0.25) is 13.9 Å². The zero-order valence-electron chi connectivity index (χ0n) is 9.72. The fraction of sp³-hybridized carbons (Fsp3) is 0.636. The Morgan fingerprint density at radius 1 is 1.38 bits per heavy atom. The molecule has 0 saturated heterocycles. The van der Waals surface area contributed by atoms with Crippen molar-refractivity contribution in [3.05, 3.63) is 22.9 Å². The number of rotatable bonds is 6. The average Bonchev–Trinajstić information content (AvgIpc) is 2.54. The van der Waals surface area contributed by atoms with Crippen LogP contribution in [0.2, 0.25) is 0 Å². The first kappa shape index (κ1) is 12.5. The lowest BCUT2D eigenvalue weighted by molar-refractivity contribution is -0.137. The lowest BCUT2D eigenvalue weighted by Gasteiger charge is -2.04. The number of nitrogens with zero attached hydrogens (tertiary/aromatic N) is 2. The summed E-state index contributed by atoms with van der Waals surface area (Å²) in [5.74, 6) is -0.785. The third kappa shape index (κ3) is 3.25. The van der Waals surface area contributed by atoms with Crippen molar-refractivity contribution in [1.29, 1.82) is 0 Å². The molecular formula is C11H18N2O3. The molecule has 5 heteroatoms. The topological polar surface area (TPSA) is 64.2 Å². The molecule has 0 aliphatic rings. The molecule has 0 radical (unpaired) electrons. The molecule has 1 heterocycles. The van der Waals surface area contributed by atoms with E-state index in [1.54, 1.807) is 21.5 Å². The van der Waals surface area contributed by atoms with Gasteiger partial charge < -0.3 is 5.11 Å². The van der Waals surface area contributed by atoms with Gasteiger partial charge in [-0.15, -0.1) is 0 Å². The van der Waals surface area contributed by atoms with Gasteiger partial charge in [-0.1, -0.05) is 0 Å². The van der Waals surface area contributed by atoms with Crippen LogP contribution in [0.4, 0.5) is 0 Å². The molecule has 0 amide bonds. The van der Waals surface area contributed by atoms with Crippen molar-refractivity contribution in [1.82, 2.24) is 9.13 Å². The molecule has 0 aromatic carbocycles. The van der Waals surface area contributed by atoms with Crippen LogP contribution in [0.3, 0.4) is 0 Å². The SMILES string of the molecule is CC(C)n1ccn(CCCCC(=O)O)c1=O. The average molecular weight is 226 g/mol. The molecule has 0 spiro atoms. The zero-order valence-corrected chi connectivity index (χ0v) is 9.72. The Morgan fingerprint density at radius 2 is 2.06 bits per heavy atom. The molecule has 16 heavy (non-hydrogen) atoms. The standard InChI is InChI=1S/C11H18N2O3/c1-9(2)13-8-7-12(11(13)16)6-4-3-5-10(14)15/h7-9H,3-6H2,1-2H3,(H,14,15). The number of aliphatic carboxylic acids is 1. The van der Waals surface area contributed by atoms with Crippen LogP contribution in [0.25, 0.3) is 0 Å². The second-order valence-electron chi connectivity index (χ2n) is 4.13. The van der Waals surface area contributed by atoms with Crippen molar-refractivity contribution in [3.63, 3.8) is 0 Å². The molecule has 0 aliphatic heterocycles. The van der Waals surface area contributed by atoms with E-state index in [4.69, 9.17) is 5.11 Å². The van der Waals surface area contributed by atoms with E-state index in [1.165, 1.54) is 0 Å². The first-order valence-corrected chi connectivity index (χ1v) is 5.51. The summed E-state index contributed by atoms with van der Waals surface area (Å²) in [6.45, 7) is 4.50. The predicted octanol–water partition coefficient (Wildman–Crippen LogP) is 1.49. The number of aryl methyl sites for hydroxylation is 1. The molecule has 0 unspecified atom stereocenters. The van der Waals surface area contributed by atoms with Crippen molar-refractivity contribution in [2.75, 3.05) is 0 Å². The van der Waals surface area contributed by atoms with Gasteiger partial charge in [0.15, 0.2) is 0 Å². The van der Waals surface area contributed by atoms with E-state index < -0.39 is 5.97 Å². The number of unbranched alkanes of at least 4 members (excludes halogenated alkanes) is 1. The molecule has 1 aromatic heterocycles. The van der Waals surface area contributed by atoms with Gasteiger partial charge in [0.1, 0.15) is 0 Å². The van der Waals surface area contributed by atoms with Gasteiger partial charge in [-0.25, -0.2) is 4.79 Å². The van der Waals surface area contributed by atoms with Crippen molar-refractivity contribution < 1.29 is 9.90 Å². The Bertz CT molecular complexity index is 404. The Hall–Kier alpha value is -1.52. The Kier molecular flexibility index (Phi) is 4.34. The number of carboxylic acid groups (broad SMARTS) is 1. The minimum Gasteiger partial charge on any atom is -0.481 e. The van der Waals surface area contributed by atoms with Crippen molar-refractivity contribution in [2.24, 2.45) is 0 Å². The van der Waals surface area contributed by atoms with Gasteiger partial charge >= 0.3 is 11.7 Å². The molecule has 0 bridgehead atoms. The largest absolute Gasteiger partial charge is 0.481 e. The summed E-state index contributed by atoms with van der Waals surface area (Å²) < 4.78 is 3.29. The lowest BCUT2D eigenvalue weighted by Crippen LogP contribution is -2.25. The number of carbonyl (C=O) groups is 1. The normalized spacial score (nSPS) is 10.9. The van der Waals surface area contributed by atoms with Crippen LogP contribution in [-0.2, 0) is 11.3 Å². The van der Waals surface area contributed by atoms with Gasteiger partial charge in [0.05, 0.1) is 0 Å². The Balaban J connectivity index is 2.49. The Morgan fingerprint density at radius 3 is 2.56 bits per heavy atom. The van der Waals surface area contributed by atoms with Crippen LogP contribution in [-0.4, -0.2) is 20.2 Å². The maximum Gasteiger partial charge on any atom is 0.328 e. The number of hydrogen-bond donors (Lipinski definition) is 1. The van der Waals surface area contributed by atoms with Gasteiger partial charge in [0.2, 0.25) is 0 Å².